The summed E-state index contributed by atoms with van der Waals surface area (Å²) in [5.41, 5.74) is 0.0428. The van der Waals surface area contributed by atoms with Gasteiger partial charge in [0.25, 0.3) is 0 Å². The first kappa shape index (κ1) is 9.56. The van der Waals surface area contributed by atoms with E-state index in [9.17, 15) is 0 Å². The van der Waals surface area contributed by atoms with E-state index in [1.807, 2.05) is 16.9 Å². The second kappa shape index (κ2) is 3.30. The van der Waals surface area contributed by atoms with Crippen LogP contribution in [-0.4, -0.2) is 16.4 Å². The van der Waals surface area contributed by atoms with Crippen LogP contribution in [0.5, 0.6) is 5.88 Å². The number of rotatable bonds is 3. The molecule has 0 radical (unpaired) electrons. The van der Waals surface area contributed by atoms with Gasteiger partial charge in [-0.15, -0.1) is 5.10 Å². The van der Waals surface area contributed by atoms with Gasteiger partial charge >= 0.3 is 0 Å². The highest BCUT2D eigenvalue weighted by molar-refractivity contribution is 5.07. The molecule has 1 saturated carbocycles. The van der Waals surface area contributed by atoms with Gasteiger partial charge < -0.3 is 4.74 Å². The highest BCUT2D eigenvalue weighted by Crippen LogP contribution is 2.29. The van der Waals surface area contributed by atoms with E-state index in [0.717, 1.165) is 18.4 Å². The highest BCUT2D eigenvalue weighted by Gasteiger charge is 2.22. The molecule has 0 N–H and O–H groups in total. The van der Waals surface area contributed by atoms with Crippen LogP contribution in [0.15, 0.2) is 12.3 Å². The summed E-state index contributed by atoms with van der Waals surface area (Å²) in [6.07, 6.45) is 4.61. The van der Waals surface area contributed by atoms with Crippen molar-refractivity contribution in [3.8, 4) is 5.88 Å². The van der Waals surface area contributed by atoms with Crippen molar-refractivity contribution in [3.05, 3.63) is 12.3 Å². The summed E-state index contributed by atoms with van der Waals surface area (Å²) in [5.74, 6) is 1.54. The molecule has 1 heterocycles. The smallest absolute Gasteiger partial charge is 0.232 e. The minimum absolute atomic E-state index is 0.0428. The average molecular weight is 194 g/mol. The number of nitrogens with zero attached hydrogens (tertiary/aromatic N) is 2. The Hall–Kier alpha value is -0.990. The van der Waals surface area contributed by atoms with E-state index in [1.54, 1.807) is 0 Å². The molecule has 0 saturated heterocycles. The Bertz CT molecular complexity index is 307. The minimum Gasteiger partial charge on any atom is -0.476 e. The number of ether oxygens (including phenoxy) is 1. The van der Waals surface area contributed by atoms with Gasteiger partial charge in [-0.2, -0.15) is 0 Å². The molecule has 1 aromatic heterocycles. The normalized spacial score (nSPS) is 17.1. The van der Waals surface area contributed by atoms with Crippen LogP contribution in [0, 0.1) is 5.92 Å². The van der Waals surface area contributed by atoms with E-state index < -0.39 is 0 Å². The molecule has 0 aliphatic heterocycles. The monoisotopic (exact) mass is 194 g/mol. The third-order valence-electron chi connectivity index (χ3n) is 2.42. The molecule has 0 atom stereocenters. The summed E-state index contributed by atoms with van der Waals surface area (Å²) in [6.45, 7) is 7.22. The van der Waals surface area contributed by atoms with Crippen molar-refractivity contribution >= 4 is 0 Å². The molecule has 78 valence electrons. The first-order chi connectivity index (χ1) is 6.55. The van der Waals surface area contributed by atoms with Gasteiger partial charge in [0.15, 0.2) is 0 Å². The molecular weight excluding hydrogens is 176 g/mol. The lowest BCUT2D eigenvalue weighted by Crippen LogP contribution is -2.22. The van der Waals surface area contributed by atoms with Crippen LogP contribution in [0.25, 0.3) is 0 Å². The lowest BCUT2D eigenvalue weighted by atomic mass is 10.1. The average Bonchev–Trinajstić information content (AvgIpc) is 2.77. The Labute approximate surface area is 85.1 Å². The van der Waals surface area contributed by atoms with Crippen molar-refractivity contribution in [2.75, 3.05) is 6.61 Å². The maximum atomic E-state index is 5.57. The minimum atomic E-state index is 0.0428. The van der Waals surface area contributed by atoms with Crippen LogP contribution >= 0.6 is 0 Å². The zero-order chi connectivity index (χ0) is 10.2. The fourth-order valence-corrected chi connectivity index (χ4v) is 1.25. The maximum absolute atomic E-state index is 5.57. The Morgan fingerprint density at radius 2 is 2.21 bits per heavy atom. The first-order valence-corrected chi connectivity index (χ1v) is 5.24. The number of aromatic nitrogens is 2. The molecule has 1 aromatic rings. The second-order valence-corrected chi connectivity index (χ2v) is 5.02. The van der Waals surface area contributed by atoms with Gasteiger partial charge in [-0.05, 0) is 39.5 Å². The van der Waals surface area contributed by atoms with Gasteiger partial charge in [0, 0.05) is 12.3 Å². The SMILES string of the molecule is CC(C)(C)n1ccc(OCC2CC2)n1. The van der Waals surface area contributed by atoms with Gasteiger partial charge in [0.2, 0.25) is 5.88 Å². The molecule has 14 heavy (non-hydrogen) atoms. The largest absolute Gasteiger partial charge is 0.476 e. The molecule has 0 unspecified atom stereocenters. The highest BCUT2D eigenvalue weighted by atomic mass is 16.5. The van der Waals surface area contributed by atoms with Gasteiger partial charge in [-0.3, -0.25) is 4.68 Å². The van der Waals surface area contributed by atoms with Crippen molar-refractivity contribution in [2.45, 2.75) is 39.2 Å². The molecule has 2 rings (SSSR count). The topological polar surface area (TPSA) is 27.1 Å². The van der Waals surface area contributed by atoms with E-state index in [2.05, 4.69) is 25.9 Å². The second-order valence-electron chi connectivity index (χ2n) is 5.02. The fraction of sp³-hybridized carbons (Fsp3) is 0.727. The molecule has 3 nitrogen and oxygen atoms in total. The molecule has 3 heteroatoms. The van der Waals surface area contributed by atoms with E-state index in [0.29, 0.717) is 0 Å². The van der Waals surface area contributed by atoms with Crippen molar-refractivity contribution < 1.29 is 4.74 Å². The molecular formula is C11H18N2O. The van der Waals surface area contributed by atoms with Gasteiger partial charge in [-0.1, -0.05) is 0 Å². The van der Waals surface area contributed by atoms with Crippen LogP contribution in [0.1, 0.15) is 33.6 Å². The summed E-state index contributed by atoms with van der Waals surface area (Å²) in [4.78, 5) is 0. The van der Waals surface area contributed by atoms with Crippen molar-refractivity contribution in [1.82, 2.24) is 9.78 Å². The van der Waals surface area contributed by atoms with Crippen LogP contribution in [0.3, 0.4) is 0 Å². The zero-order valence-corrected chi connectivity index (χ0v) is 9.16. The Kier molecular flexibility index (Phi) is 2.25. The Balaban J connectivity index is 1.94. The predicted octanol–water partition coefficient (Wildman–Crippen LogP) is 2.43. The van der Waals surface area contributed by atoms with Gasteiger partial charge in [-0.25, -0.2) is 0 Å². The Morgan fingerprint density at radius 3 is 2.71 bits per heavy atom. The van der Waals surface area contributed by atoms with Crippen molar-refractivity contribution in [1.29, 1.82) is 0 Å². The third kappa shape index (κ3) is 2.28. The van der Waals surface area contributed by atoms with Crippen LogP contribution in [0.4, 0.5) is 0 Å². The summed E-state index contributed by atoms with van der Waals surface area (Å²) < 4.78 is 7.51. The van der Waals surface area contributed by atoms with E-state index in [4.69, 9.17) is 4.74 Å². The summed E-state index contributed by atoms with van der Waals surface area (Å²) in [5, 5.41) is 4.38. The number of hydrogen-bond donors (Lipinski definition) is 0. The molecule has 1 aliphatic carbocycles. The van der Waals surface area contributed by atoms with E-state index in [-0.39, 0.29) is 5.54 Å². The quantitative estimate of drug-likeness (QED) is 0.739. The van der Waals surface area contributed by atoms with Gasteiger partial charge in [0.1, 0.15) is 0 Å². The third-order valence-corrected chi connectivity index (χ3v) is 2.42. The maximum Gasteiger partial charge on any atom is 0.232 e. The lowest BCUT2D eigenvalue weighted by Gasteiger charge is -2.18. The van der Waals surface area contributed by atoms with Crippen LogP contribution < -0.4 is 4.74 Å². The lowest BCUT2D eigenvalue weighted by molar-refractivity contribution is 0.273. The molecule has 0 amide bonds. The molecule has 0 spiro atoms. The zero-order valence-electron chi connectivity index (χ0n) is 9.16. The predicted molar refractivity (Wildman–Crippen MR) is 55.4 cm³/mol. The van der Waals surface area contributed by atoms with E-state index >= 15 is 0 Å². The molecule has 1 aliphatic rings. The van der Waals surface area contributed by atoms with Crippen LogP contribution in [0.2, 0.25) is 0 Å². The summed E-state index contributed by atoms with van der Waals surface area (Å²) in [7, 11) is 0. The molecule has 0 aromatic carbocycles. The summed E-state index contributed by atoms with van der Waals surface area (Å²) >= 11 is 0. The standard InChI is InChI=1S/C11H18N2O/c1-11(2,3)13-7-6-10(12-13)14-8-9-4-5-9/h6-7,9H,4-5,8H2,1-3H3. The van der Waals surface area contributed by atoms with Crippen LogP contribution in [-0.2, 0) is 5.54 Å². The van der Waals surface area contributed by atoms with Gasteiger partial charge in [0.05, 0.1) is 12.1 Å². The van der Waals surface area contributed by atoms with Crippen molar-refractivity contribution in [2.24, 2.45) is 5.92 Å². The molecule has 1 fully saturated rings. The first-order valence-electron chi connectivity index (χ1n) is 5.24. The van der Waals surface area contributed by atoms with Crippen molar-refractivity contribution in [3.63, 3.8) is 0 Å². The van der Waals surface area contributed by atoms with E-state index in [1.165, 1.54) is 12.8 Å². The fourth-order valence-electron chi connectivity index (χ4n) is 1.25. The Morgan fingerprint density at radius 1 is 1.50 bits per heavy atom. The number of hydrogen-bond acceptors (Lipinski definition) is 2. The summed E-state index contributed by atoms with van der Waals surface area (Å²) in [6, 6.07) is 1.94. The molecule has 0 bridgehead atoms.